The van der Waals surface area contributed by atoms with Gasteiger partial charge >= 0.3 is 0 Å². The van der Waals surface area contributed by atoms with E-state index in [-0.39, 0.29) is 32.3 Å². The molecule has 1 heterocycles. The average Bonchev–Trinajstić information content (AvgIpc) is 3.23. The molecular formula is C22H26ClN3O6S. The van der Waals surface area contributed by atoms with Gasteiger partial charge in [-0.25, -0.2) is 8.42 Å². The first-order valence-corrected chi connectivity index (χ1v) is 12.4. The lowest BCUT2D eigenvalue weighted by atomic mass is 10.1. The number of hydrogen-bond acceptors (Lipinski definition) is 6. The average molecular weight is 496 g/mol. The molecule has 0 bridgehead atoms. The largest absolute Gasteiger partial charge is 0.454 e. The quantitative estimate of drug-likeness (QED) is 0.570. The summed E-state index contributed by atoms with van der Waals surface area (Å²) in [7, 11) is -2.24. The van der Waals surface area contributed by atoms with Gasteiger partial charge in [-0.15, -0.1) is 0 Å². The van der Waals surface area contributed by atoms with Crippen molar-refractivity contribution in [2.75, 3.05) is 26.6 Å². The third-order valence-corrected chi connectivity index (χ3v) is 6.77. The van der Waals surface area contributed by atoms with Crippen LogP contribution in [0.3, 0.4) is 0 Å². The monoisotopic (exact) mass is 495 g/mol. The molecule has 2 amide bonds. The van der Waals surface area contributed by atoms with Crippen molar-refractivity contribution in [3.63, 3.8) is 0 Å². The van der Waals surface area contributed by atoms with Crippen LogP contribution in [0.1, 0.15) is 18.1 Å². The third kappa shape index (κ3) is 6.59. The first-order chi connectivity index (χ1) is 15.5. The van der Waals surface area contributed by atoms with Crippen molar-refractivity contribution in [3.8, 4) is 11.5 Å². The van der Waals surface area contributed by atoms with Gasteiger partial charge in [-0.3, -0.25) is 9.59 Å². The van der Waals surface area contributed by atoms with Crippen molar-refractivity contribution in [1.82, 2.24) is 14.5 Å². The van der Waals surface area contributed by atoms with Crippen LogP contribution in [0.4, 0.5) is 0 Å². The number of nitrogens with one attached hydrogen (secondary N) is 1. The van der Waals surface area contributed by atoms with Crippen LogP contribution < -0.4 is 14.8 Å². The number of nitrogens with zero attached hydrogens (tertiary/aromatic N) is 2. The lowest BCUT2D eigenvalue weighted by Crippen LogP contribution is -2.50. The fourth-order valence-electron chi connectivity index (χ4n) is 3.16. The fourth-order valence-corrected chi connectivity index (χ4v) is 3.63. The SMILES string of the molecule is C[C@@H](C(=O)NCc1ccc2c(c1)OCO2)N(Cc1ccc(Cl)cc1)C(=O)CN(C)S(C)(=O)=O. The number of carbonyl (C=O) groups excluding carboxylic acids is 2. The summed E-state index contributed by atoms with van der Waals surface area (Å²) in [5.74, 6) is 0.381. The summed E-state index contributed by atoms with van der Waals surface area (Å²) in [5.41, 5.74) is 1.57. The highest BCUT2D eigenvalue weighted by molar-refractivity contribution is 7.88. The maximum Gasteiger partial charge on any atom is 0.242 e. The van der Waals surface area contributed by atoms with Gasteiger partial charge in [0.1, 0.15) is 6.04 Å². The van der Waals surface area contributed by atoms with Gasteiger partial charge in [0.15, 0.2) is 11.5 Å². The Hall–Kier alpha value is -2.82. The van der Waals surface area contributed by atoms with Crippen LogP contribution in [0.2, 0.25) is 5.02 Å². The molecule has 0 fully saturated rings. The Bertz CT molecular complexity index is 1120. The smallest absolute Gasteiger partial charge is 0.242 e. The first-order valence-electron chi connectivity index (χ1n) is 10.2. The predicted molar refractivity (Wildman–Crippen MR) is 123 cm³/mol. The number of ether oxygens (including phenoxy) is 2. The highest BCUT2D eigenvalue weighted by atomic mass is 35.5. The number of hydrogen-bond donors (Lipinski definition) is 1. The summed E-state index contributed by atoms with van der Waals surface area (Å²) in [5, 5.41) is 3.37. The summed E-state index contributed by atoms with van der Waals surface area (Å²) in [6, 6.07) is 11.4. The molecule has 0 aliphatic carbocycles. The summed E-state index contributed by atoms with van der Waals surface area (Å²) < 4.78 is 35.1. The van der Waals surface area contributed by atoms with Crippen LogP contribution >= 0.6 is 11.6 Å². The molecule has 178 valence electrons. The molecule has 11 heteroatoms. The van der Waals surface area contributed by atoms with E-state index in [1.54, 1.807) is 43.3 Å². The molecule has 2 aromatic carbocycles. The Labute approximate surface area is 198 Å². The summed E-state index contributed by atoms with van der Waals surface area (Å²) in [6.07, 6.45) is 1.02. The van der Waals surface area contributed by atoms with Gasteiger partial charge in [0, 0.05) is 25.2 Å². The number of carbonyl (C=O) groups is 2. The van der Waals surface area contributed by atoms with E-state index >= 15 is 0 Å². The van der Waals surface area contributed by atoms with Gasteiger partial charge in [-0.05, 0) is 42.3 Å². The van der Waals surface area contributed by atoms with Crippen molar-refractivity contribution in [2.45, 2.75) is 26.1 Å². The molecule has 0 saturated heterocycles. The van der Waals surface area contributed by atoms with Crippen LogP contribution in [0.15, 0.2) is 42.5 Å². The van der Waals surface area contributed by atoms with Crippen LogP contribution in [0, 0.1) is 0 Å². The van der Waals surface area contributed by atoms with Gasteiger partial charge in [0.2, 0.25) is 28.6 Å². The highest BCUT2D eigenvalue weighted by Gasteiger charge is 2.28. The number of halogens is 1. The van der Waals surface area contributed by atoms with Gasteiger partial charge in [0.05, 0.1) is 12.8 Å². The zero-order valence-electron chi connectivity index (χ0n) is 18.6. The summed E-state index contributed by atoms with van der Waals surface area (Å²) >= 11 is 5.94. The highest BCUT2D eigenvalue weighted by Crippen LogP contribution is 2.32. The van der Waals surface area contributed by atoms with Crippen LogP contribution in [-0.2, 0) is 32.7 Å². The Morgan fingerprint density at radius 2 is 1.73 bits per heavy atom. The topological polar surface area (TPSA) is 105 Å². The van der Waals surface area contributed by atoms with Crippen molar-refractivity contribution in [3.05, 3.63) is 58.6 Å². The van der Waals surface area contributed by atoms with E-state index in [0.29, 0.717) is 16.5 Å². The zero-order chi connectivity index (χ0) is 24.2. The number of sulfonamides is 1. The van der Waals surface area contributed by atoms with Crippen LogP contribution in [0.25, 0.3) is 0 Å². The number of benzene rings is 2. The molecule has 0 unspecified atom stereocenters. The second-order valence-corrected chi connectivity index (χ2v) is 10.3. The molecular weight excluding hydrogens is 470 g/mol. The molecule has 1 aliphatic rings. The number of likely N-dealkylation sites (N-methyl/N-ethyl adjacent to an activating group) is 1. The standard InChI is InChI=1S/C22H26ClN3O6S/c1-15(22(28)24-11-17-6-9-19-20(10-17)32-14-31-19)26(12-16-4-7-18(23)8-5-16)21(27)13-25(2)33(3,29)30/h4-10,15H,11-14H2,1-3H3,(H,24,28)/t15-/m0/s1. The first kappa shape index (κ1) is 24.8. The number of amides is 2. The summed E-state index contributed by atoms with van der Waals surface area (Å²) in [6.45, 7) is 1.72. The van der Waals surface area contributed by atoms with E-state index in [2.05, 4.69) is 5.32 Å². The molecule has 0 aromatic heterocycles. The Balaban J connectivity index is 1.72. The molecule has 0 spiro atoms. The summed E-state index contributed by atoms with van der Waals surface area (Å²) in [4.78, 5) is 27.3. The van der Waals surface area contributed by atoms with E-state index in [0.717, 1.165) is 21.7 Å². The minimum Gasteiger partial charge on any atom is -0.454 e. The minimum atomic E-state index is -3.56. The van der Waals surface area contributed by atoms with Crippen LogP contribution in [-0.4, -0.2) is 62.1 Å². The van der Waals surface area contributed by atoms with Crippen molar-refractivity contribution >= 4 is 33.4 Å². The molecule has 0 radical (unpaired) electrons. The fraction of sp³-hybridized carbons (Fsp3) is 0.364. The van der Waals surface area contributed by atoms with E-state index in [9.17, 15) is 18.0 Å². The lowest BCUT2D eigenvalue weighted by molar-refractivity contribution is -0.140. The minimum absolute atomic E-state index is 0.117. The molecule has 1 atom stereocenters. The maximum atomic E-state index is 13.0. The molecule has 1 N–H and O–H groups in total. The predicted octanol–water partition coefficient (Wildman–Crippen LogP) is 1.99. The Morgan fingerprint density at radius 3 is 2.39 bits per heavy atom. The van der Waals surface area contributed by atoms with E-state index in [1.807, 2.05) is 6.07 Å². The van der Waals surface area contributed by atoms with Crippen molar-refractivity contribution in [1.29, 1.82) is 0 Å². The van der Waals surface area contributed by atoms with E-state index in [4.69, 9.17) is 21.1 Å². The molecule has 9 nitrogen and oxygen atoms in total. The normalized spacial score (nSPS) is 13.6. The van der Waals surface area contributed by atoms with E-state index < -0.39 is 22.0 Å². The van der Waals surface area contributed by atoms with E-state index in [1.165, 1.54) is 11.9 Å². The number of fused-ring (bicyclic) bond motifs is 1. The Morgan fingerprint density at radius 1 is 1.09 bits per heavy atom. The van der Waals surface area contributed by atoms with Gasteiger partial charge in [-0.1, -0.05) is 29.8 Å². The molecule has 2 aromatic rings. The molecule has 3 rings (SSSR count). The van der Waals surface area contributed by atoms with Crippen molar-refractivity contribution in [2.24, 2.45) is 0 Å². The molecule has 1 aliphatic heterocycles. The molecule has 33 heavy (non-hydrogen) atoms. The van der Waals surface area contributed by atoms with Crippen molar-refractivity contribution < 1.29 is 27.5 Å². The van der Waals surface area contributed by atoms with Gasteiger partial charge in [-0.2, -0.15) is 4.31 Å². The van der Waals surface area contributed by atoms with Gasteiger partial charge < -0.3 is 19.7 Å². The second kappa shape index (κ2) is 10.4. The molecule has 0 saturated carbocycles. The third-order valence-electron chi connectivity index (χ3n) is 5.26. The van der Waals surface area contributed by atoms with Crippen LogP contribution in [0.5, 0.6) is 11.5 Å². The maximum absolute atomic E-state index is 13.0. The number of rotatable bonds is 9. The lowest BCUT2D eigenvalue weighted by Gasteiger charge is -2.30. The Kier molecular flexibility index (Phi) is 7.83. The second-order valence-electron chi connectivity index (χ2n) is 7.75. The zero-order valence-corrected chi connectivity index (χ0v) is 20.1. The van der Waals surface area contributed by atoms with Gasteiger partial charge in [0.25, 0.3) is 0 Å².